The summed E-state index contributed by atoms with van der Waals surface area (Å²) in [5, 5.41) is 4.37. The van der Waals surface area contributed by atoms with E-state index in [-0.39, 0.29) is 18.1 Å². The molecule has 1 aromatic heterocycles. The van der Waals surface area contributed by atoms with Crippen molar-refractivity contribution in [1.82, 2.24) is 24.5 Å². The number of aromatic nitrogens is 2. The molecule has 2 aliphatic heterocycles. The number of rotatable bonds is 4. The van der Waals surface area contributed by atoms with E-state index >= 15 is 0 Å². The highest BCUT2D eigenvalue weighted by molar-refractivity contribution is 5.94. The molecule has 2 atom stereocenters. The molecule has 0 spiro atoms. The molecule has 2 saturated heterocycles. The van der Waals surface area contributed by atoms with Crippen molar-refractivity contribution in [1.29, 1.82) is 0 Å². The molecular weight excluding hydrogens is 366 g/mol. The summed E-state index contributed by atoms with van der Waals surface area (Å²) in [5.74, 6) is 0.0587. The van der Waals surface area contributed by atoms with Crippen molar-refractivity contribution in [3.05, 3.63) is 53.9 Å². The van der Waals surface area contributed by atoms with Gasteiger partial charge in [-0.05, 0) is 38.7 Å². The van der Waals surface area contributed by atoms with Gasteiger partial charge in [0.1, 0.15) is 0 Å². The average Bonchev–Trinajstić information content (AvgIpc) is 3.06. The highest BCUT2D eigenvalue weighted by Crippen LogP contribution is 2.31. The minimum atomic E-state index is -0.133. The first-order chi connectivity index (χ1) is 14.1. The summed E-state index contributed by atoms with van der Waals surface area (Å²) in [5.41, 5.74) is 1.76. The zero-order valence-electron chi connectivity index (χ0n) is 17.4. The van der Waals surface area contributed by atoms with Crippen molar-refractivity contribution in [2.45, 2.75) is 18.6 Å². The van der Waals surface area contributed by atoms with E-state index in [1.807, 2.05) is 54.7 Å². The van der Waals surface area contributed by atoms with Gasteiger partial charge in [-0.15, -0.1) is 0 Å². The van der Waals surface area contributed by atoms with Crippen molar-refractivity contribution in [3.8, 4) is 0 Å². The first-order valence-electron chi connectivity index (χ1n) is 10.5. The van der Waals surface area contributed by atoms with Crippen molar-refractivity contribution in [2.75, 3.05) is 52.9 Å². The molecule has 3 heterocycles. The lowest BCUT2D eigenvalue weighted by molar-refractivity contribution is -0.0723. The summed E-state index contributed by atoms with van der Waals surface area (Å²) < 4.78 is 8.05. The largest absolute Gasteiger partial charge is 0.373 e. The number of likely N-dealkylation sites (N-methyl/N-ethyl adjacent to an activating group) is 1. The Morgan fingerprint density at radius 3 is 2.69 bits per heavy atom. The number of carbonyl (C=O) groups is 1. The molecule has 0 radical (unpaired) electrons. The number of ether oxygens (including phenoxy) is 1. The SMILES string of the molecule is CN1CCCN(C[C@@H]2OCCN(C(=O)c3ccccc3)[C@H]2c2cnn(C)c2)CC1. The van der Waals surface area contributed by atoms with Gasteiger partial charge in [0.25, 0.3) is 5.91 Å². The zero-order valence-corrected chi connectivity index (χ0v) is 17.4. The van der Waals surface area contributed by atoms with Gasteiger partial charge in [0.2, 0.25) is 0 Å². The molecule has 1 amide bonds. The quantitative estimate of drug-likeness (QED) is 0.785. The fraction of sp³-hybridized carbons (Fsp3) is 0.545. The molecule has 0 saturated carbocycles. The standard InChI is InChI=1S/C22H31N5O2/c1-24-9-6-10-26(12-11-24)17-20-21(19-15-23-25(2)16-19)27(13-14-29-20)22(28)18-7-4-3-5-8-18/h3-5,7-8,15-16,20-21H,6,9-14,17H2,1-2H3/t20-,21-/m0/s1. The molecule has 2 aliphatic rings. The van der Waals surface area contributed by atoms with E-state index in [0.717, 1.165) is 50.3 Å². The van der Waals surface area contributed by atoms with Crippen molar-refractivity contribution in [2.24, 2.45) is 7.05 Å². The van der Waals surface area contributed by atoms with Gasteiger partial charge in [-0.2, -0.15) is 5.10 Å². The van der Waals surface area contributed by atoms with Gasteiger partial charge in [0.05, 0.1) is 24.9 Å². The minimum absolute atomic E-state index is 0.0587. The Balaban J connectivity index is 1.58. The number of nitrogens with zero attached hydrogens (tertiary/aromatic N) is 5. The monoisotopic (exact) mass is 397 g/mol. The highest BCUT2D eigenvalue weighted by atomic mass is 16.5. The van der Waals surface area contributed by atoms with Crippen LogP contribution >= 0.6 is 0 Å². The van der Waals surface area contributed by atoms with Crippen molar-refractivity contribution < 1.29 is 9.53 Å². The van der Waals surface area contributed by atoms with Crippen LogP contribution in [-0.2, 0) is 11.8 Å². The first kappa shape index (κ1) is 20.1. The van der Waals surface area contributed by atoms with E-state index in [4.69, 9.17) is 4.74 Å². The van der Waals surface area contributed by atoms with E-state index in [0.29, 0.717) is 13.2 Å². The second-order valence-corrected chi connectivity index (χ2v) is 8.12. The average molecular weight is 398 g/mol. The van der Waals surface area contributed by atoms with Crippen LogP contribution in [0.25, 0.3) is 0 Å². The number of carbonyl (C=O) groups excluding carboxylic acids is 1. The molecule has 0 bridgehead atoms. The molecule has 29 heavy (non-hydrogen) atoms. The molecule has 1 aromatic carbocycles. The molecule has 2 aromatic rings. The van der Waals surface area contributed by atoms with E-state index in [9.17, 15) is 4.79 Å². The Bertz CT molecular complexity index is 809. The predicted molar refractivity (Wildman–Crippen MR) is 112 cm³/mol. The molecule has 0 unspecified atom stereocenters. The summed E-state index contributed by atoms with van der Waals surface area (Å²) in [7, 11) is 4.09. The maximum Gasteiger partial charge on any atom is 0.254 e. The van der Waals surface area contributed by atoms with Crippen LogP contribution in [0.15, 0.2) is 42.7 Å². The molecule has 4 rings (SSSR count). The van der Waals surface area contributed by atoms with E-state index < -0.39 is 0 Å². The van der Waals surface area contributed by atoms with Crippen LogP contribution in [0.4, 0.5) is 0 Å². The van der Waals surface area contributed by atoms with Crippen LogP contribution in [0.5, 0.6) is 0 Å². The molecule has 7 heteroatoms. The molecule has 7 nitrogen and oxygen atoms in total. The predicted octanol–water partition coefficient (Wildman–Crippen LogP) is 1.64. The third-order valence-corrected chi connectivity index (χ3v) is 5.95. The van der Waals surface area contributed by atoms with Gasteiger partial charge >= 0.3 is 0 Å². The maximum absolute atomic E-state index is 13.3. The fourth-order valence-corrected chi connectivity index (χ4v) is 4.38. The van der Waals surface area contributed by atoms with E-state index in [2.05, 4.69) is 21.9 Å². The number of morpholine rings is 1. The third kappa shape index (κ3) is 4.69. The van der Waals surface area contributed by atoms with Gasteiger partial charge in [0, 0.05) is 50.6 Å². The summed E-state index contributed by atoms with van der Waals surface area (Å²) in [4.78, 5) is 20.2. The van der Waals surface area contributed by atoms with Gasteiger partial charge in [-0.25, -0.2) is 0 Å². The molecule has 2 fully saturated rings. The Morgan fingerprint density at radius 1 is 1.10 bits per heavy atom. The number of benzene rings is 1. The lowest BCUT2D eigenvalue weighted by Gasteiger charge is -2.42. The smallest absolute Gasteiger partial charge is 0.254 e. The normalized spacial score (nSPS) is 24.4. The molecular formula is C22H31N5O2. The highest BCUT2D eigenvalue weighted by Gasteiger charge is 2.38. The Labute approximate surface area is 172 Å². The van der Waals surface area contributed by atoms with E-state index in [1.165, 1.54) is 0 Å². The van der Waals surface area contributed by atoms with Gasteiger partial charge in [0.15, 0.2) is 0 Å². The summed E-state index contributed by atoms with van der Waals surface area (Å²) in [6.07, 6.45) is 4.97. The molecule has 0 N–H and O–H groups in total. The van der Waals surface area contributed by atoms with Crippen LogP contribution in [-0.4, -0.2) is 89.4 Å². The van der Waals surface area contributed by atoms with Gasteiger partial charge in [-0.1, -0.05) is 18.2 Å². The zero-order chi connectivity index (χ0) is 20.2. The Hall–Kier alpha value is -2.22. The lowest BCUT2D eigenvalue weighted by Crippen LogP contribution is -2.52. The Kier molecular flexibility index (Phi) is 6.28. The number of hydrogen-bond donors (Lipinski definition) is 0. The van der Waals surface area contributed by atoms with Gasteiger partial charge < -0.3 is 14.5 Å². The minimum Gasteiger partial charge on any atom is -0.373 e. The van der Waals surface area contributed by atoms with Crippen LogP contribution in [0.3, 0.4) is 0 Å². The van der Waals surface area contributed by atoms with Crippen LogP contribution < -0.4 is 0 Å². The fourth-order valence-electron chi connectivity index (χ4n) is 4.38. The topological polar surface area (TPSA) is 53.8 Å². The number of hydrogen-bond acceptors (Lipinski definition) is 5. The summed E-state index contributed by atoms with van der Waals surface area (Å²) >= 11 is 0. The second kappa shape index (κ2) is 9.07. The number of aryl methyl sites for hydroxylation is 1. The summed E-state index contributed by atoms with van der Waals surface area (Å²) in [6, 6.07) is 9.41. The van der Waals surface area contributed by atoms with Crippen LogP contribution in [0, 0.1) is 0 Å². The maximum atomic E-state index is 13.3. The van der Waals surface area contributed by atoms with Crippen LogP contribution in [0.1, 0.15) is 28.4 Å². The van der Waals surface area contributed by atoms with E-state index in [1.54, 1.807) is 4.68 Å². The number of amides is 1. The summed E-state index contributed by atoms with van der Waals surface area (Å²) in [6.45, 7) is 6.27. The lowest BCUT2D eigenvalue weighted by atomic mass is 9.99. The van der Waals surface area contributed by atoms with Gasteiger partial charge in [-0.3, -0.25) is 14.4 Å². The van der Waals surface area contributed by atoms with Crippen molar-refractivity contribution >= 4 is 5.91 Å². The van der Waals surface area contributed by atoms with Crippen LogP contribution in [0.2, 0.25) is 0 Å². The van der Waals surface area contributed by atoms with Crippen molar-refractivity contribution in [3.63, 3.8) is 0 Å². The Morgan fingerprint density at radius 2 is 1.93 bits per heavy atom. The second-order valence-electron chi connectivity index (χ2n) is 8.12. The molecule has 156 valence electrons. The molecule has 0 aliphatic carbocycles. The third-order valence-electron chi connectivity index (χ3n) is 5.95. The first-order valence-corrected chi connectivity index (χ1v) is 10.5.